The molecule has 1 unspecified atom stereocenters. The number of carbonyl (C=O) groups is 1. The van der Waals surface area contributed by atoms with Gasteiger partial charge in [0.15, 0.2) is 5.69 Å². The Labute approximate surface area is 232 Å². The number of aromatic nitrogens is 3. The molecule has 1 aromatic carbocycles. The third kappa shape index (κ3) is 4.90. The van der Waals surface area contributed by atoms with Crippen LogP contribution in [0.5, 0.6) is 5.75 Å². The van der Waals surface area contributed by atoms with E-state index in [0.717, 1.165) is 44.2 Å². The first kappa shape index (κ1) is 25.9. The van der Waals surface area contributed by atoms with Crippen LogP contribution in [0.15, 0.2) is 53.3 Å². The number of imidazole rings is 1. The molecule has 3 aromatic heterocycles. The first-order valence-corrected chi connectivity index (χ1v) is 13.7. The van der Waals surface area contributed by atoms with Crippen molar-refractivity contribution in [2.45, 2.75) is 75.6 Å². The lowest BCUT2D eigenvalue weighted by atomic mass is 9.98. The van der Waals surface area contributed by atoms with Gasteiger partial charge in [-0.3, -0.25) is 4.40 Å². The summed E-state index contributed by atoms with van der Waals surface area (Å²) in [7, 11) is 0. The Morgan fingerprint density at radius 1 is 1.07 bits per heavy atom. The number of hydrogen-bond acceptors (Lipinski definition) is 7. The van der Waals surface area contributed by atoms with Crippen molar-refractivity contribution >= 4 is 17.3 Å². The highest BCUT2D eigenvalue weighted by Crippen LogP contribution is 2.46. The number of carboxylic acids is 1. The molecule has 5 heterocycles. The highest BCUT2D eigenvalue weighted by molar-refractivity contribution is 5.86. The quantitative estimate of drug-likeness (QED) is 0.269. The highest BCUT2D eigenvalue weighted by Gasteiger charge is 2.42. The molecule has 0 spiro atoms. The number of anilines is 1. The maximum absolute atomic E-state index is 13.1. The van der Waals surface area contributed by atoms with E-state index in [1.54, 1.807) is 16.5 Å². The average molecular weight is 569 g/mol. The SMILES string of the molecule is O=C(O)c1cnc2ccc(N3[C@@H]4CC[C@H]3CC(OCc3c(-c5ccccc5OC(F)(F)F)noc3C3CC3)C4)cn12. The molecule has 1 aliphatic carbocycles. The lowest BCUT2D eigenvalue weighted by Gasteiger charge is -2.40. The summed E-state index contributed by atoms with van der Waals surface area (Å²) in [5.41, 5.74) is 2.84. The molecule has 1 saturated carbocycles. The normalized spacial score (nSPS) is 22.4. The van der Waals surface area contributed by atoms with Gasteiger partial charge in [0, 0.05) is 35.3 Å². The molecule has 2 aliphatic heterocycles. The lowest BCUT2D eigenvalue weighted by Crippen LogP contribution is -2.45. The monoisotopic (exact) mass is 568 g/mol. The van der Waals surface area contributed by atoms with E-state index in [0.29, 0.717) is 22.7 Å². The van der Waals surface area contributed by atoms with Gasteiger partial charge in [-0.05, 0) is 62.8 Å². The zero-order valence-corrected chi connectivity index (χ0v) is 21.9. The minimum Gasteiger partial charge on any atom is -0.477 e. The number of para-hydroxylation sites is 1. The van der Waals surface area contributed by atoms with Crippen LogP contribution in [-0.4, -0.2) is 50.2 Å². The number of rotatable bonds is 8. The van der Waals surface area contributed by atoms with Crippen molar-refractivity contribution in [2.75, 3.05) is 4.90 Å². The van der Waals surface area contributed by atoms with Gasteiger partial charge in [-0.25, -0.2) is 9.78 Å². The molecule has 0 radical (unpaired) electrons. The number of pyridine rings is 1. The number of piperidine rings is 1. The maximum Gasteiger partial charge on any atom is 0.573 e. The van der Waals surface area contributed by atoms with Crippen molar-refractivity contribution in [1.82, 2.24) is 14.5 Å². The van der Waals surface area contributed by atoms with Gasteiger partial charge in [-0.1, -0.05) is 17.3 Å². The Hall–Kier alpha value is -4.06. The van der Waals surface area contributed by atoms with Crippen LogP contribution in [0.25, 0.3) is 16.9 Å². The molecular weight excluding hydrogens is 541 g/mol. The van der Waals surface area contributed by atoms with E-state index in [2.05, 4.69) is 19.8 Å². The van der Waals surface area contributed by atoms with E-state index < -0.39 is 12.3 Å². The summed E-state index contributed by atoms with van der Waals surface area (Å²) in [6, 6.07) is 10.2. The molecule has 4 aromatic rings. The number of halogens is 3. The van der Waals surface area contributed by atoms with E-state index in [-0.39, 0.29) is 47.7 Å². The molecule has 3 fully saturated rings. The first-order valence-electron chi connectivity index (χ1n) is 13.7. The molecule has 3 aliphatic rings. The van der Waals surface area contributed by atoms with E-state index in [1.807, 2.05) is 18.3 Å². The molecule has 7 rings (SSSR count). The second-order valence-electron chi connectivity index (χ2n) is 11.0. The molecule has 0 amide bonds. The zero-order chi connectivity index (χ0) is 28.3. The van der Waals surface area contributed by atoms with Crippen molar-refractivity contribution in [2.24, 2.45) is 0 Å². The second-order valence-corrected chi connectivity index (χ2v) is 11.0. The fraction of sp³-hybridized carbons (Fsp3) is 0.414. The van der Waals surface area contributed by atoms with E-state index in [4.69, 9.17) is 9.26 Å². The van der Waals surface area contributed by atoms with Crippen LogP contribution in [0.4, 0.5) is 18.9 Å². The van der Waals surface area contributed by atoms with Crippen molar-refractivity contribution < 1.29 is 37.1 Å². The molecular formula is C29H27F3N4O5. The van der Waals surface area contributed by atoms with Crippen molar-refractivity contribution in [3.63, 3.8) is 0 Å². The average Bonchev–Trinajstić information content (AvgIpc) is 3.44. The summed E-state index contributed by atoms with van der Waals surface area (Å²) >= 11 is 0. The minimum atomic E-state index is -4.83. The second kappa shape index (κ2) is 9.79. The van der Waals surface area contributed by atoms with Crippen molar-refractivity contribution in [3.8, 4) is 17.0 Å². The summed E-state index contributed by atoms with van der Waals surface area (Å²) in [4.78, 5) is 18.2. The molecule has 9 nitrogen and oxygen atoms in total. The number of ether oxygens (including phenoxy) is 2. The van der Waals surface area contributed by atoms with Crippen LogP contribution in [0, 0.1) is 0 Å². The molecule has 2 saturated heterocycles. The Bertz CT molecular complexity index is 1600. The summed E-state index contributed by atoms with van der Waals surface area (Å²) in [6.07, 6.45) is 3.73. The number of benzene rings is 1. The fourth-order valence-electron chi connectivity index (χ4n) is 6.38. The molecule has 3 atom stereocenters. The predicted molar refractivity (Wildman–Crippen MR) is 140 cm³/mol. The first-order chi connectivity index (χ1) is 19.7. The zero-order valence-electron chi connectivity index (χ0n) is 21.9. The van der Waals surface area contributed by atoms with Gasteiger partial charge in [-0.15, -0.1) is 13.2 Å². The van der Waals surface area contributed by atoms with E-state index in [9.17, 15) is 23.1 Å². The number of hydrogen-bond donors (Lipinski definition) is 1. The van der Waals surface area contributed by atoms with Gasteiger partial charge >= 0.3 is 12.3 Å². The highest BCUT2D eigenvalue weighted by atomic mass is 19.4. The summed E-state index contributed by atoms with van der Waals surface area (Å²) in [5, 5.41) is 13.7. The predicted octanol–water partition coefficient (Wildman–Crippen LogP) is 6.18. The minimum absolute atomic E-state index is 0.0493. The van der Waals surface area contributed by atoms with Crippen molar-refractivity contribution in [3.05, 3.63) is 65.8 Å². The van der Waals surface area contributed by atoms with Crippen LogP contribution in [-0.2, 0) is 11.3 Å². The van der Waals surface area contributed by atoms with E-state index in [1.165, 1.54) is 18.3 Å². The topological polar surface area (TPSA) is 102 Å². The molecule has 1 N–H and O–H groups in total. The third-order valence-electron chi connectivity index (χ3n) is 8.30. The Morgan fingerprint density at radius 2 is 1.83 bits per heavy atom. The summed E-state index contributed by atoms with van der Waals surface area (Å²) < 4.78 is 57.3. The molecule has 2 bridgehead atoms. The molecule has 12 heteroatoms. The van der Waals surface area contributed by atoms with Crippen LogP contribution >= 0.6 is 0 Å². The third-order valence-corrected chi connectivity index (χ3v) is 8.30. The number of alkyl halides is 3. The van der Waals surface area contributed by atoms with Gasteiger partial charge in [0.2, 0.25) is 0 Å². The van der Waals surface area contributed by atoms with Crippen LogP contribution in [0.1, 0.15) is 66.3 Å². The molecule has 41 heavy (non-hydrogen) atoms. The fourth-order valence-corrected chi connectivity index (χ4v) is 6.38. The Kier molecular flexibility index (Phi) is 6.18. The van der Waals surface area contributed by atoms with Gasteiger partial charge in [0.25, 0.3) is 0 Å². The Morgan fingerprint density at radius 3 is 2.54 bits per heavy atom. The summed E-state index contributed by atoms with van der Waals surface area (Å²) in [6.45, 7) is 0.179. The van der Waals surface area contributed by atoms with E-state index >= 15 is 0 Å². The van der Waals surface area contributed by atoms with Crippen molar-refractivity contribution in [1.29, 1.82) is 0 Å². The number of nitrogens with zero attached hydrogens (tertiary/aromatic N) is 4. The Balaban J connectivity index is 1.10. The number of carboxylic acid groups (broad SMARTS) is 1. The molecule has 214 valence electrons. The van der Waals surface area contributed by atoms with Crippen LogP contribution in [0.2, 0.25) is 0 Å². The lowest BCUT2D eigenvalue weighted by molar-refractivity contribution is -0.274. The van der Waals surface area contributed by atoms with Gasteiger partial charge in [-0.2, -0.15) is 0 Å². The van der Waals surface area contributed by atoms with Crippen LogP contribution < -0.4 is 9.64 Å². The standard InChI is InChI=1S/C29H27F3N4O5/c30-29(31,32)40-24-4-2-1-3-21(24)26-22(27(41-34-26)16-5-6-16)15-39-20-11-17-7-8-18(12-20)36(17)19-9-10-25-33-13-23(28(37)38)35(25)14-19/h1-4,9-10,13-14,16-18,20H,5-8,11-12,15H2,(H,37,38)/t17-,18+,20?. The van der Waals surface area contributed by atoms with Gasteiger partial charge in [0.05, 0.1) is 24.6 Å². The van der Waals surface area contributed by atoms with Gasteiger partial charge in [0.1, 0.15) is 22.9 Å². The largest absolute Gasteiger partial charge is 0.573 e. The smallest absolute Gasteiger partial charge is 0.477 e. The maximum atomic E-state index is 13.1. The summed E-state index contributed by atoms with van der Waals surface area (Å²) in [5.74, 6) is -0.498. The number of aromatic carboxylic acids is 1. The number of fused-ring (bicyclic) bond motifs is 3. The van der Waals surface area contributed by atoms with Crippen LogP contribution in [0.3, 0.4) is 0 Å². The van der Waals surface area contributed by atoms with Gasteiger partial charge < -0.3 is 24.0 Å².